The molecule has 1 unspecified atom stereocenters. The van der Waals surface area contributed by atoms with Crippen molar-refractivity contribution in [2.45, 2.75) is 0 Å². The standard InChI is InChI=1S/C3H2NOS2/c5-7-2-1-4-3(7)6/h1H,(H,4,6)/q-1. The lowest BCUT2D eigenvalue weighted by Gasteiger charge is -1.93. The van der Waals surface area contributed by atoms with Gasteiger partial charge in [-0.05, 0) is 0 Å². The quantitative estimate of drug-likeness (QED) is 0.368. The Morgan fingerprint density at radius 2 is 2.71 bits per heavy atom. The summed E-state index contributed by atoms with van der Waals surface area (Å²) in [5, 5.41) is 5.03. The van der Waals surface area contributed by atoms with Crippen LogP contribution in [0.1, 0.15) is 0 Å². The topological polar surface area (TPSA) is 29.1 Å². The summed E-state index contributed by atoms with van der Waals surface area (Å²) in [5.41, 5.74) is 0. The van der Waals surface area contributed by atoms with Gasteiger partial charge in [-0.3, -0.25) is 4.21 Å². The minimum atomic E-state index is -1.15. The third kappa shape index (κ3) is 0.863. The summed E-state index contributed by atoms with van der Waals surface area (Å²) < 4.78 is 10.7. The molecule has 0 aromatic carbocycles. The largest absolute Gasteiger partial charge is 0.381 e. The van der Waals surface area contributed by atoms with E-state index in [1.807, 2.05) is 0 Å². The highest BCUT2D eigenvalue weighted by Crippen LogP contribution is 1.91. The predicted molar refractivity (Wildman–Crippen MR) is 31.7 cm³/mol. The molecule has 1 atom stereocenters. The second-order valence-corrected chi connectivity index (χ2v) is 2.81. The van der Waals surface area contributed by atoms with Crippen molar-refractivity contribution in [3.8, 4) is 0 Å². The van der Waals surface area contributed by atoms with E-state index in [-0.39, 0.29) is 0 Å². The van der Waals surface area contributed by atoms with E-state index in [0.29, 0.717) is 4.32 Å². The zero-order valence-electron chi connectivity index (χ0n) is 3.30. The van der Waals surface area contributed by atoms with Crippen LogP contribution in [0.4, 0.5) is 0 Å². The Kier molecular flexibility index (Phi) is 1.21. The summed E-state index contributed by atoms with van der Waals surface area (Å²) in [6.45, 7) is 0. The highest BCUT2D eigenvalue weighted by Gasteiger charge is 1.91. The normalized spacial score (nSPS) is 28.0. The van der Waals surface area contributed by atoms with Crippen LogP contribution in [0.15, 0.2) is 6.20 Å². The minimum Gasteiger partial charge on any atom is -0.381 e. The van der Waals surface area contributed by atoms with Crippen LogP contribution >= 0.6 is 12.2 Å². The molecule has 2 nitrogen and oxygen atoms in total. The van der Waals surface area contributed by atoms with E-state index in [1.165, 1.54) is 6.20 Å². The molecule has 0 fully saturated rings. The van der Waals surface area contributed by atoms with Crippen molar-refractivity contribution in [1.29, 1.82) is 0 Å². The zero-order chi connectivity index (χ0) is 5.28. The van der Waals surface area contributed by atoms with Gasteiger partial charge in [0.2, 0.25) is 0 Å². The van der Waals surface area contributed by atoms with Crippen LogP contribution in [-0.2, 0) is 10.8 Å². The smallest absolute Gasteiger partial charge is 0.135 e. The SMILES string of the molecule is O=S1[C-]=CNC1=S. The van der Waals surface area contributed by atoms with Crippen LogP contribution in [0, 0.1) is 5.41 Å². The number of hydrogen-bond acceptors (Lipinski definition) is 2. The maximum absolute atomic E-state index is 10.3. The van der Waals surface area contributed by atoms with Gasteiger partial charge in [0.15, 0.2) is 0 Å². The Hall–Kier alpha value is -0.220. The molecular weight excluding hydrogens is 130 g/mol. The van der Waals surface area contributed by atoms with Gasteiger partial charge in [0, 0.05) is 0 Å². The fourth-order valence-electron chi connectivity index (χ4n) is 0.249. The average molecular weight is 132 g/mol. The third-order valence-electron chi connectivity index (χ3n) is 0.524. The summed E-state index contributed by atoms with van der Waals surface area (Å²) in [5.74, 6) is 0. The molecule has 0 spiro atoms. The van der Waals surface area contributed by atoms with Crippen molar-refractivity contribution in [2.24, 2.45) is 0 Å². The maximum Gasteiger partial charge on any atom is 0.135 e. The lowest BCUT2D eigenvalue weighted by Crippen LogP contribution is -2.10. The van der Waals surface area contributed by atoms with Gasteiger partial charge in [0.25, 0.3) is 0 Å². The molecule has 7 heavy (non-hydrogen) atoms. The molecule has 4 heteroatoms. The maximum atomic E-state index is 10.3. The number of rotatable bonds is 0. The van der Waals surface area contributed by atoms with E-state index in [4.69, 9.17) is 0 Å². The first-order valence-electron chi connectivity index (χ1n) is 1.61. The van der Waals surface area contributed by atoms with Crippen LogP contribution < -0.4 is 5.32 Å². The van der Waals surface area contributed by atoms with E-state index in [0.717, 1.165) is 0 Å². The van der Waals surface area contributed by atoms with Gasteiger partial charge in [0.05, 0.1) is 0 Å². The second-order valence-electron chi connectivity index (χ2n) is 0.963. The van der Waals surface area contributed by atoms with Gasteiger partial charge in [-0.2, -0.15) is 6.20 Å². The van der Waals surface area contributed by atoms with Gasteiger partial charge in [-0.1, -0.05) is 23.0 Å². The Bertz CT molecular complexity index is 151. The van der Waals surface area contributed by atoms with Crippen molar-refractivity contribution in [3.63, 3.8) is 0 Å². The molecule has 1 heterocycles. The highest BCUT2D eigenvalue weighted by molar-refractivity contribution is 8.14. The van der Waals surface area contributed by atoms with E-state index < -0.39 is 10.8 Å². The molecule has 0 radical (unpaired) electrons. The fraction of sp³-hybridized carbons (Fsp3) is 0. The van der Waals surface area contributed by atoms with Gasteiger partial charge in [0.1, 0.15) is 4.32 Å². The van der Waals surface area contributed by atoms with E-state index in [9.17, 15) is 4.21 Å². The summed E-state index contributed by atoms with van der Waals surface area (Å²) in [4.78, 5) is 0. The first kappa shape index (κ1) is 4.93. The van der Waals surface area contributed by atoms with Crippen molar-refractivity contribution in [1.82, 2.24) is 5.32 Å². The van der Waals surface area contributed by atoms with Crippen LogP contribution in [-0.4, -0.2) is 8.53 Å². The summed E-state index contributed by atoms with van der Waals surface area (Å²) in [6.07, 6.45) is 1.46. The molecule has 0 bridgehead atoms. The Labute approximate surface area is 49.1 Å². The number of nitrogens with one attached hydrogen (secondary N) is 1. The third-order valence-corrected chi connectivity index (χ3v) is 1.88. The molecular formula is C3H2NOS2-. The van der Waals surface area contributed by atoms with Crippen LogP contribution in [0.3, 0.4) is 0 Å². The van der Waals surface area contributed by atoms with Crippen LogP contribution in [0.5, 0.6) is 0 Å². The molecule has 1 aliphatic rings. The molecule has 1 N–H and O–H groups in total. The monoisotopic (exact) mass is 132 g/mol. The second kappa shape index (κ2) is 1.71. The zero-order valence-corrected chi connectivity index (χ0v) is 4.94. The molecule has 0 saturated heterocycles. The van der Waals surface area contributed by atoms with Crippen molar-refractivity contribution >= 4 is 27.3 Å². The molecule has 0 aliphatic carbocycles. The molecule has 0 saturated carbocycles. The van der Waals surface area contributed by atoms with E-state index in [1.54, 1.807) is 0 Å². The lowest BCUT2D eigenvalue weighted by atomic mass is 11.0. The van der Waals surface area contributed by atoms with Gasteiger partial charge < -0.3 is 10.7 Å². The van der Waals surface area contributed by atoms with Gasteiger partial charge in [-0.15, -0.1) is 0 Å². The van der Waals surface area contributed by atoms with Gasteiger partial charge >= 0.3 is 0 Å². The van der Waals surface area contributed by atoms with Crippen molar-refractivity contribution in [3.05, 3.63) is 11.6 Å². The molecule has 0 aromatic heterocycles. The Morgan fingerprint density at radius 3 is 2.86 bits per heavy atom. The Morgan fingerprint density at radius 1 is 2.00 bits per heavy atom. The molecule has 1 aliphatic heterocycles. The first-order chi connectivity index (χ1) is 3.30. The van der Waals surface area contributed by atoms with Crippen molar-refractivity contribution in [2.75, 3.05) is 0 Å². The average Bonchev–Trinajstić information content (AvgIpc) is 1.91. The van der Waals surface area contributed by atoms with E-state index >= 15 is 0 Å². The molecule has 0 amide bonds. The van der Waals surface area contributed by atoms with Crippen LogP contribution in [0.2, 0.25) is 0 Å². The summed E-state index contributed by atoms with van der Waals surface area (Å²) in [7, 11) is -1.15. The van der Waals surface area contributed by atoms with Crippen LogP contribution in [0.25, 0.3) is 0 Å². The molecule has 0 aromatic rings. The fourth-order valence-corrected chi connectivity index (χ4v) is 0.891. The van der Waals surface area contributed by atoms with E-state index in [2.05, 4.69) is 22.9 Å². The number of thiocarbonyl (C=S) groups is 1. The summed E-state index contributed by atoms with van der Waals surface area (Å²) in [6, 6.07) is 0. The lowest BCUT2D eigenvalue weighted by molar-refractivity contribution is 0.694. The number of hydrogen-bond donors (Lipinski definition) is 1. The highest BCUT2D eigenvalue weighted by atomic mass is 32.2. The first-order valence-corrected chi connectivity index (χ1v) is 3.16. The Balaban J connectivity index is 2.81. The predicted octanol–water partition coefficient (Wildman–Crippen LogP) is -0.102. The summed E-state index contributed by atoms with van der Waals surface area (Å²) >= 11 is 4.54. The molecule has 1 rings (SSSR count). The molecule has 38 valence electrons. The van der Waals surface area contributed by atoms with Gasteiger partial charge in [-0.25, -0.2) is 0 Å². The minimum absolute atomic E-state index is 0.347. The van der Waals surface area contributed by atoms with Crippen molar-refractivity contribution < 1.29 is 4.21 Å².